The van der Waals surface area contributed by atoms with E-state index in [2.05, 4.69) is 15.5 Å². The Morgan fingerprint density at radius 2 is 1.87 bits per heavy atom. The molecule has 7 heteroatoms. The quantitative estimate of drug-likeness (QED) is 0.433. The molecule has 0 atom stereocenters. The molecule has 0 aliphatic rings. The van der Waals surface area contributed by atoms with Crippen molar-refractivity contribution >= 4 is 11.6 Å². The van der Waals surface area contributed by atoms with Gasteiger partial charge in [0.05, 0.1) is 20.3 Å². The Kier molecular flexibility index (Phi) is 9.80. The number of rotatable bonds is 11. The van der Waals surface area contributed by atoms with Crippen molar-refractivity contribution in [2.24, 2.45) is 4.99 Å². The first-order chi connectivity index (χ1) is 14.5. The number of hydrogen-bond donors (Lipinski definition) is 2. The number of nitrogens with one attached hydrogen (secondary N) is 2. The standard InChI is InChI=1S/C23H34N4O3/c1-6-24-23(26-19-11-12-21(28-5)22(16-19)29-7-2)25-17-18-9-8-10-20(15-18)30-14-13-27(3)4/h8-12,15-16H,6-7,13-14,17H2,1-5H3,(H2,24,25,26). The van der Waals surface area contributed by atoms with Crippen LogP contribution in [0, 0.1) is 0 Å². The number of benzene rings is 2. The van der Waals surface area contributed by atoms with E-state index in [0.29, 0.717) is 37.2 Å². The first kappa shape index (κ1) is 23.3. The first-order valence-electron chi connectivity index (χ1n) is 10.3. The van der Waals surface area contributed by atoms with Crippen LogP contribution in [0.1, 0.15) is 19.4 Å². The van der Waals surface area contributed by atoms with E-state index in [4.69, 9.17) is 19.2 Å². The summed E-state index contributed by atoms with van der Waals surface area (Å²) in [4.78, 5) is 6.80. The van der Waals surface area contributed by atoms with Gasteiger partial charge in [0, 0.05) is 24.8 Å². The van der Waals surface area contributed by atoms with E-state index < -0.39 is 0 Å². The molecule has 0 aliphatic heterocycles. The van der Waals surface area contributed by atoms with Crippen molar-refractivity contribution in [2.45, 2.75) is 20.4 Å². The Morgan fingerprint density at radius 1 is 1.03 bits per heavy atom. The second kappa shape index (κ2) is 12.6. The van der Waals surface area contributed by atoms with Gasteiger partial charge >= 0.3 is 0 Å². The lowest BCUT2D eigenvalue weighted by atomic mass is 10.2. The van der Waals surface area contributed by atoms with Gasteiger partial charge in [0.15, 0.2) is 17.5 Å². The van der Waals surface area contributed by atoms with Crippen LogP contribution in [0.5, 0.6) is 17.2 Å². The van der Waals surface area contributed by atoms with Crippen molar-refractivity contribution in [3.05, 3.63) is 48.0 Å². The van der Waals surface area contributed by atoms with E-state index in [1.807, 2.05) is 70.4 Å². The molecule has 2 aromatic carbocycles. The average Bonchev–Trinajstić information content (AvgIpc) is 2.73. The maximum absolute atomic E-state index is 5.82. The minimum Gasteiger partial charge on any atom is -0.493 e. The molecule has 0 aliphatic carbocycles. The molecule has 0 fully saturated rings. The number of nitrogens with zero attached hydrogens (tertiary/aromatic N) is 2. The third-order valence-electron chi connectivity index (χ3n) is 4.20. The highest BCUT2D eigenvalue weighted by atomic mass is 16.5. The van der Waals surface area contributed by atoms with E-state index in [1.54, 1.807) is 7.11 Å². The van der Waals surface area contributed by atoms with E-state index >= 15 is 0 Å². The van der Waals surface area contributed by atoms with Gasteiger partial charge in [-0.2, -0.15) is 0 Å². The van der Waals surface area contributed by atoms with Crippen LogP contribution >= 0.6 is 0 Å². The zero-order valence-electron chi connectivity index (χ0n) is 18.7. The molecule has 0 radical (unpaired) electrons. The Hall–Kier alpha value is -2.93. The van der Waals surface area contributed by atoms with Crippen LogP contribution in [-0.2, 0) is 6.54 Å². The second-order valence-electron chi connectivity index (χ2n) is 6.92. The molecule has 0 bridgehead atoms. The Bertz CT molecular complexity index is 809. The predicted molar refractivity (Wildman–Crippen MR) is 123 cm³/mol. The predicted octanol–water partition coefficient (Wildman–Crippen LogP) is 3.61. The van der Waals surface area contributed by atoms with E-state index in [0.717, 1.165) is 30.1 Å². The summed E-state index contributed by atoms with van der Waals surface area (Å²) >= 11 is 0. The molecule has 0 heterocycles. The Labute approximate surface area is 180 Å². The molecule has 0 unspecified atom stereocenters. The lowest BCUT2D eigenvalue weighted by molar-refractivity contribution is 0.261. The third-order valence-corrected chi connectivity index (χ3v) is 4.20. The van der Waals surface area contributed by atoms with Gasteiger partial charge in [-0.05, 0) is 57.8 Å². The summed E-state index contributed by atoms with van der Waals surface area (Å²) in [5, 5.41) is 6.60. The smallest absolute Gasteiger partial charge is 0.196 e. The number of hydrogen-bond acceptors (Lipinski definition) is 5. The van der Waals surface area contributed by atoms with Crippen LogP contribution < -0.4 is 24.8 Å². The lowest BCUT2D eigenvalue weighted by Crippen LogP contribution is -2.30. The second-order valence-corrected chi connectivity index (χ2v) is 6.92. The van der Waals surface area contributed by atoms with Crippen molar-refractivity contribution in [2.75, 3.05) is 52.8 Å². The van der Waals surface area contributed by atoms with Crippen LogP contribution in [0.2, 0.25) is 0 Å². The molecule has 2 aromatic rings. The van der Waals surface area contributed by atoms with Crippen LogP contribution in [0.25, 0.3) is 0 Å². The number of ether oxygens (including phenoxy) is 3. The summed E-state index contributed by atoms with van der Waals surface area (Å²) in [7, 11) is 5.70. The maximum atomic E-state index is 5.82. The number of guanidine groups is 1. The van der Waals surface area contributed by atoms with Crippen molar-refractivity contribution in [1.82, 2.24) is 10.2 Å². The fourth-order valence-corrected chi connectivity index (χ4v) is 2.72. The molecule has 2 N–H and O–H groups in total. The molecule has 2 rings (SSSR count). The Morgan fingerprint density at radius 3 is 2.57 bits per heavy atom. The number of methoxy groups -OCH3 is 1. The molecule has 164 valence electrons. The van der Waals surface area contributed by atoms with Crippen LogP contribution in [0.3, 0.4) is 0 Å². The molecule has 30 heavy (non-hydrogen) atoms. The lowest BCUT2D eigenvalue weighted by Gasteiger charge is -2.15. The van der Waals surface area contributed by atoms with Crippen molar-refractivity contribution in [3.8, 4) is 17.2 Å². The monoisotopic (exact) mass is 414 g/mol. The highest BCUT2D eigenvalue weighted by Gasteiger charge is 2.07. The summed E-state index contributed by atoms with van der Waals surface area (Å²) in [6, 6.07) is 13.8. The van der Waals surface area contributed by atoms with Gasteiger partial charge in [-0.25, -0.2) is 4.99 Å². The van der Waals surface area contributed by atoms with Gasteiger partial charge in [-0.3, -0.25) is 0 Å². The SMILES string of the molecule is CCNC(=NCc1cccc(OCCN(C)C)c1)Nc1ccc(OC)c(OCC)c1. The van der Waals surface area contributed by atoms with Gasteiger partial charge < -0.3 is 29.7 Å². The van der Waals surface area contributed by atoms with Gasteiger partial charge in [0.1, 0.15) is 12.4 Å². The highest BCUT2D eigenvalue weighted by Crippen LogP contribution is 2.30. The van der Waals surface area contributed by atoms with Gasteiger partial charge in [0.25, 0.3) is 0 Å². The summed E-state index contributed by atoms with van der Waals surface area (Å²) < 4.78 is 16.8. The van der Waals surface area contributed by atoms with Gasteiger partial charge in [-0.15, -0.1) is 0 Å². The summed E-state index contributed by atoms with van der Waals surface area (Å²) in [5.41, 5.74) is 1.96. The van der Waals surface area contributed by atoms with Crippen LogP contribution in [0.4, 0.5) is 5.69 Å². The van der Waals surface area contributed by atoms with E-state index in [9.17, 15) is 0 Å². The van der Waals surface area contributed by atoms with Gasteiger partial charge in [0.2, 0.25) is 0 Å². The van der Waals surface area contributed by atoms with E-state index in [1.165, 1.54) is 0 Å². The summed E-state index contributed by atoms with van der Waals surface area (Å²) in [6.07, 6.45) is 0. The molecular formula is C23H34N4O3. The van der Waals surface area contributed by atoms with Crippen LogP contribution in [0.15, 0.2) is 47.5 Å². The average molecular weight is 415 g/mol. The number of anilines is 1. The van der Waals surface area contributed by atoms with Crippen molar-refractivity contribution < 1.29 is 14.2 Å². The third kappa shape index (κ3) is 7.83. The minimum absolute atomic E-state index is 0.536. The first-order valence-corrected chi connectivity index (χ1v) is 10.3. The molecule has 0 aromatic heterocycles. The molecule has 7 nitrogen and oxygen atoms in total. The molecule has 0 saturated carbocycles. The normalized spacial score (nSPS) is 11.3. The minimum atomic E-state index is 0.536. The topological polar surface area (TPSA) is 67.4 Å². The summed E-state index contributed by atoms with van der Waals surface area (Å²) in [5.74, 6) is 2.96. The van der Waals surface area contributed by atoms with Crippen molar-refractivity contribution in [3.63, 3.8) is 0 Å². The zero-order chi connectivity index (χ0) is 21.8. The maximum Gasteiger partial charge on any atom is 0.196 e. The largest absolute Gasteiger partial charge is 0.493 e. The van der Waals surface area contributed by atoms with E-state index in [-0.39, 0.29) is 0 Å². The molecule has 0 saturated heterocycles. The van der Waals surface area contributed by atoms with Crippen molar-refractivity contribution in [1.29, 1.82) is 0 Å². The zero-order valence-corrected chi connectivity index (χ0v) is 18.7. The Balaban J connectivity index is 2.06. The van der Waals surface area contributed by atoms with Crippen LogP contribution in [-0.4, -0.2) is 58.4 Å². The fraction of sp³-hybridized carbons (Fsp3) is 0.435. The fourth-order valence-electron chi connectivity index (χ4n) is 2.72. The molecule has 0 spiro atoms. The molecular weight excluding hydrogens is 380 g/mol. The van der Waals surface area contributed by atoms with Gasteiger partial charge in [-0.1, -0.05) is 12.1 Å². The summed E-state index contributed by atoms with van der Waals surface area (Å²) in [6.45, 7) is 7.38. The number of aliphatic imine (C=N–C) groups is 1. The number of likely N-dealkylation sites (N-methyl/N-ethyl adjacent to an activating group) is 1. The molecule has 0 amide bonds. The highest BCUT2D eigenvalue weighted by molar-refractivity contribution is 5.93.